The Kier molecular flexibility index (Phi) is 11.8. The number of ether oxygens (including phenoxy) is 4. The van der Waals surface area contributed by atoms with Crippen LogP contribution in [0.25, 0.3) is 11.0 Å². The molecule has 0 unspecified atom stereocenters. The SMILES string of the molecule is COc1nc2[nH]ccc2cc1Oc1cc(N2CCC3(CC2)CC(N2CCC[C@@H]2c2ccccc2C(C)C)C3)ccc1C(=O)NS(=O)(=O)c1cc2c(c([N+](=O)[O-])c1)N[C@@H](C1CCOCC1)CO2. The van der Waals surface area contributed by atoms with E-state index in [9.17, 15) is 23.3 Å². The summed E-state index contributed by atoms with van der Waals surface area (Å²) in [6.45, 7) is 8.71. The van der Waals surface area contributed by atoms with Crippen molar-refractivity contribution in [2.45, 2.75) is 94.2 Å². The molecule has 2 atom stereocenters. The Hall–Kier alpha value is -5.91. The monoisotopic (exact) mass is 919 g/mol. The molecular weight excluding hydrogens is 863 g/mol. The Labute approximate surface area is 384 Å². The molecule has 4 fully saturated rings. The van der Waals surface area contributed by atoms with Crippen LogP contribution in [0.3, 0.4) is 0 Å². The third kappa shape index (κ3) is 8.40. The predicted molar refractivity (Wildman–Crippen MR) is 249 cm³/mol. The predicted octanol–water partition coefficient (Wildman–Crippen LogP) is 8.70. The molecule has 3 aromatic carbocycles. The summed E-state index contributed by atoms with van der Waals surface area (Å²) in [5.74, 6) is 0.162. The number of benzene rings is 3. The number of carbonyl (C=O) groups is 1. The van der Waals surface area contributed by atoms with Gasteiger partial charge in [-0.15, -0.1) is 0 Å². The number of hydrogen-bond donors (Lipinski definition) is 3. The second kappa shape index (κ2) is 17.7. The summed E-state index contributed by atoms with van der Waals surface area (Å²) in [6, 6.07) is 20.6. The van der Waals surface area contributed by atoms with Crippen LogP contribution in [0.5, 0.6) is 23.1 Å². The van der Waals surface area contributed by atoms with E-state index in [4.69, 9.17) is 18.9 Å². The smallest absolute Gasteiger partial charge is 0.297 e. The Morgan fingerprint density at radius 3 is 2.55 bits per heavy atom. The molecule has 10 rings (SSSR count). The highest BCUT2D eigenvalue weighted by Crippen LogP contribution is 2.54. The lowest BCUT2D eigenvalue weighted by Crippen LogP contribution is -2.54. The zero-order valence-electron chi connectivity index (χ0n) is 37.6. The van der Waals surface area contributed by atoms with Crippen molar-refractivity contribution in [3.63, 3.8) is 0 Å². The average Bonchev–Trinajstić information content (AvgIpc) is 4.00. The molecule has 0 radical (unpaired) electrons. The molecule has 0 bridgehead atoms. The number of nitro benzene ring substituents is 1. The van der Waals surface area contributed by atoms with Gasteiger partial charge in [0.05, 0.1) is 28.5 Å². The number of hydrogen-bond acceptors (Lipinski definition) is 13. The van der Waals surface area contributed by atoms with Crippen molar-refractivity contribution in [2.24, 2.45) is 11.3 Å². The Morgan fingerprint density at radius 2 is 1.79 bits per heavy atom. The summed E-state index contributed by atoms with van der Waals surface area (Å²) < 4.78 is 53.6. The average molecular weight is 920 g/mol. The highest BCUT2D eigenvalue weighted by Gasteiger charge is 2.50. The maximum absolute atomic E-state index is 14.2. The fraction of sp³-hybridized carbons (Fsp3) is 0.469. The van der Waals surface area contributed by atoms with Crippen molar-refractivity contribution < 1.29 is 37.1 Å². The first-order valence-electron chi connectivity index (χ1n) is 23.2. The lowest BCUT2D eigenvalue weighted by molar-refractivity contribution is -0.384. The van der Waals surface area contributed by atoms with Crippen LogP contribution in [0, 0.1) is 21.4 Å². The molecule has 348 valence electrons. The Morgan fingerprint density at radius 1 is 1.00 bits per heavy atom. The maximum Gasteiger partial charge on any atom is 0.297 e. The van der Waals surface area contributed by atoms with Crippen LogP contribution in [-0.2, 0) is 14.8 Å². The van der Waals surface area contributed by atoms with Crippen LogP contribution < -0.4 is 29.1 Å². The van der Waals surface area contributed by atoms with Crippen LogP contribution in [0.1, 0.15) is 98.7 Å². The molecule has 2 aromatic heterocycles. The van der Waals surface area contributed by atoms with E-state index in [0.29, 0.717) is 36.9 Å². The minimum absolute atomic E-state index is 0.0156. The number of amides is 1. The molecule has 1 saturated carbocycles. The van der Waals surface area contributed by atoms with Gasteiger partial charge >= 0.3 is 0 Å². The van der Waals surface area contributed by atoms with Crippen molar-refractivity contribution in [2.75, 3.05) is 56.8 Å². The molecule has 6 heterocycles. The molecule has 4 aliphatic heterocycles. The number of aromatic amines is 1. The molecule has 16 nitrogen and oxygen atoms in total. The summed E-state index contributed by atoms with van der Waals surface area (Å²) in [4.78, 5) is 38.1. The number of nitrogens with zero attached hydrogens (tertiary/aromatic N) is 4. The van der Waals surface area contributed by atoms with Crippen molar-refractivity contribution >= 4 is 44.0 Å². The number of sulfonamides is 1. The number of methoxy groups -OCH3 is 1. The van der Waals surface area contributed by atoms with Gasteiger partial charge in [-0.05, 0) is 111 Å². The normalized spacial score (nSPS) is 21.2. The number of likely N-dealkylation sites (tertiary alicyclic amines) is 1. The molecule has 1 amide bonds. The molecule has 1 aliphatic carbocycles. The molecule has 17 heteroatoms. The van der Waals surface area contributed by atoms with Crippen molar-refractivity contribution in [3.05, 3.63) is 99.7 Å². The van der Waals surface area contributed by atoms with Gasteiger partial charge in [0.25, 0.3) is 27.5 Å². The number of pyridine rings is 1. The zero-order valence-corrected chi connectivity index (χ0v) is 38.4. The first kappa shape index (κ1) is 44.0. The number of fused-ring (bicyclic) bond motifs is 2. The highest BCUT2D eigenvalue weighted by molar-refractivity contribution is 7.90. The molecular formula is C49H57N7O9S. The second-order valence-corrected chi connectivity index (χ2v) is 20.6. The summed E-state index contributed by atoms with van der Waals surface area (Å²) in [6.07, 6.45) is 10.1. The van der Waals surface area contributed by atoms with Gasteiger partial charge in [0.1, 0.15) is 18.0 Å². The van der Waals surface area contributed by atoms with Gasteiger partial charge in [0.15, 0.2) is 17.2 Å². The van der Waals surface area contributed by atoms with Gasteiger partial charge in [-0.3, -0.25) is 19.8 Å². The van der Waals surface area contributed by atoms with Crippen molar-refractivity contribution in [1.82, 2.24) is 19.6 Å². The third-order valence-electron chi connectivity index (χ3n) is 14.7. The quantitative estimate of drug-likeness (QED) is 0.0797. The van der Waals surface area contributed by atoms with Gasteiger partial charge in [0.2, 0.25) is 0 Å². The largest absolute Gasteiger partial charge is 0.489 e. The number of carbonyl (C=O) groups excluding carboxylic acids is 1. The van der Waals surface area contributed by atoms with Gasteiger partial charge < -0.3 is 34.1 Å². The van der Waals surface area contributed by atoms with Gasteiger partial charge in [-0.2, -0.15) is 4.98 Å². The number of nitrogens with one attached hydrogen (secondary N) is 3. The first-order chi connectivity index (χ1) is 31.9. The summed E-state index contributed by atoms with van der Waals surface area (Å²) in [5, 5.41) is 16.3. The standard InChI is InChI=1S/C49H57N7O9S/c1-30(2)36-7-4-5-8-37(36)40-9-6-18-55(40)34-27-49(28-34)15-19-54(20-16-49)33-10-11-38(42(24-33)65-44-23-32-12-17-50-46(32)52-48(44)62-3)47(57)53-66(60,61)35-25-41(56(58)59)45-43(26-35)64-29-39(51-45)31-13-21-63-22-14-31/h4-5,7-8,10-12,17,23-26,30-31,34,39-40,51H,6,9,13-16,18-22,27-29H2,1-3H3,(H,50,52)(H,53,57)/t39-,40-/m1/s1. The molecule has 5 aliphatic rings. The zero-order chi connectivity index (χ0) is 45.7. The van der Waals surface area contributed by atoms with Crippen LogP contribution in [0.15, 0.2) is 77.8 Å². The first-order valence-corrected chi connectivity index (χ1v) is 24.7. The Bertz CT molecular complexity index is 2760. The van der Waals surface area contributed by atoms with E-state index in [-0.39, 0.29) is 58.4 Å². The molecule has 66 heavy (non-hydrogen) atoms. The van der Waals surface area contributed by atoms with Crippen molar-refractivity contribution in [1.29, 1.82) is 0 Å². The molecule has 3 saturated heterocycles. The number of H-pyrrole nitrogens is 1. The van der Waals surface area contributed by atoms with E-state index in [1.165, 1.54) is 50.0 Å². The third-order valence-corrected chi connectivity index (χ3v) is 16.0. The minimum atomic E-state index is -4.67. The number of piperidine rings is 1. The minimum Gasteiger partial charge on any atom is -0.489 e. The van der Waals surface area contributed by atoms with Crippen LogP contribution in [0.4, 0.5) is 17.1 Å². The van der Waals surface area contributed by atoms with E-state index < -0.39 is 31.4 Å². The molecule has 1 spiro atoms. The Balaban J connectivity index is 0.881. The maximum atomic E-state index is 14.2. The topological polar surface area (TPSA) is 190 Å². The fourth-order valence-electron chi connectivity index (χ4n) is 11.1. The van der Waals surface area contributed by atoms with Gasteiger partial charge in [-0.1, -0.05) is 38.1 Å². The fourth-order valence-corrected chi connectivity index (χ4v) is 12.1. The number of anilines is 2. The number of rotatable bonds is 12. The van der Waals surface area contributed by atoms with Crippen LogP contribution in [0.2, 0.25) is 0 Å². The van der Waals surface area contributed by atoms with Gasteiger partial charge in [0, 0.05) is 73.9 Å². The summed E-state index contributed by atoms with van der Waals surface area (Å²) >= 11 is 0. The van der Waals surface area contributed by atoms with E-state index >= 15 is 0 Å². The van der Waals surface area contributed by atoms with E-state index in [0.717, 1.165) is 62.5 Å². The van der Waals surface area contributed by atoms with E-state index in [1.54, 1.807) is 30.5 Å². The van der Waals surface area contributed by atoms with E-state index in [1.807, 2.05) is 6.07 Å². The lowest BCUT2D eigenvalue weighted by Gasteiger charge is -2.56. The highest BCUT2D eigenvalue weighted by atomic mass is 32.2. The molecule has 5 aromatic rings. The second-order valence-electron chi connectivity index (χ2n) is 18.9. The summed E-state index contributed by atoms with van der Waals surface area (Å²) in [5.41, 5.74) is 4.19. The number of aromatic nitrogens is 2. The summed E-state index contributed by atoms with van der Waals surface area (Å²) in [7, 11) is -3.21. The molecule has 3 N–H and O–H groups in total. The number of nitro groups is 1. The van der Waals surface area contributed by atoms with Gasteiger partial charge in [-0.25, -0.2) is 13.1 Å². The van der Waals surface area contributed by atoms with Crippen LogP contribution in [-0.4, -0.2) is 92.8 Å². The van der Waals surface area contributed by atoms with Crippen molar-refractivity contribution in [3.8, 4) is 23.1 Å². The van der Waals surface area contributed by atoms with E-state index in [2.05, 4.69) is 67.9 Å². The van der Waals surface area contributed by atoms with Crippen LogP contribution >= 0.6 is 0 Å². The lowest BCUT2D eigenvalue weighted by atomic mass is 9.59.